The summed E-state index contributed by atoms with van der Waals surface area (Å²) in [7, 11) is 0. The molecule has 0 atom stereocenters. The molecule has 0 aromatic carbocycles. The van der Waals surface area contributed by atoms with Crippen molar-refractivity contribution in [2.24, 2.45) is 11.8 Å². The number of rotatable bonds is 4. The molecule has 0 saturated heterocycles. The van der Waals surface area contributed by atoms with Crippen molar-refractivity contribution in [2.45, 2.75) is 47.6 Å². The summed E-state index contributed by atoms with van der Waals surface area (Å²) in [5, 5.41) is 5.14. The van der Waals surface area contributed by atoms with Crippen molar-refractivity contribution >= 4 is 0 Å². The molecule has 0 amide bonds. The molecule has 0 radical (unpaired) electrons. The van der Waals surface area contributed by atoms with Gasteiger partial charge in [0.2, 0.25) is 0 Å². The van der Waals surface area contributed by atoms with Crippen LogP contribution >= 0.6 is 0 Å². The van der Waals surface area contributed by atoms with Gasteiger partial charge in [-0.05, 0) is 0 Å². The maximum atomic E-state index is 2.57. The molecule has 11 heavy (non-hydrogen) atoms. The molecule has 0 aromatic rings. The van der Waals surface area contributed by atoms with Gasteiger partial charge in [0.15, 0.2) is 0 Å². The molecule has 0 unspecified atom stereocenters. The Morgan fingerprint density at radius 2 is 1.09 bits per heavy atom. The molecule has 0 bridgehead atoms. The summed E-state index contributed by atoms with van der Waals surface area (Å²) in [6, 6.07) is 0. The van der Waals surface area contributed by atoms with Gasteiger partial charge in [0.05, 0.1) is 0 Å². The number of hydrogen-bond acceptors (Lipinski definition) is 0. The second kappa shape index (κ2) is 4.67. The van der Waals surface area contributed by atoms with Crippen LogP contribution in [0.25, 0.3) is 0 Å². The zero-order valence-electron chi connectivity index (χ0n) is 9.07. The van der Waals surface area contributed by atoms with Crippen molar-refractivity contribution in [1.82, 2.24) is 0 Å². The average Bonchev–Trinajstić information content (AvgIpc) is 1.53. The molecule has 0 rings (SSSR count). The maximum absolute atomic E-state index is 2.57. The van der Waals surface area contributed by atoms with E-state index in [9.17, 15) is 0 Å². The zero-order valence-corrected chi connectivity index (χ0v) is 10.6. The Hall–Kier alpha value is 0.714. The van der Waals surface area contributed by atoms with Crippen LogP contribution in [0.2, 0.25) is 19.9 Å². The molecular formula is C10H24Ti. The summed E-state index contributed by atoms with van der Waals surface area (Å²) in [6.07, 6.45) is 0. The third kappa shape index (κ3) is 7.09. The standard InChI is InChI=1S/2C4H9.2CH3.Ti/c2*1-4(2)3;;;/h2*4H,1H2,2-3H3;2*1H3;. The van der Waals surface area contributed by atoms with Crippen molar-refractivity contribution in [3.63, 3.8) is 0 Å². The molecule has 0 heterocycles. The van der Waals surface area contributed by atoms with E-state index in [0.29, 0.717) is 0 Å². The van der Waals surface area contributed by atoms with Gasteiger partial charge in [-0.2, -0.15) is 0 Å². The molecular weight excluding hydrogens is 168 g/mol. The van der Waals surface area contributed by atoms with E-state index >= 15 is 0 Å². The normalized spacial score (nSPS) is 13.1. The van der Waals surface area contributed by atoms with Gasteiger partial charge in [-0.25, -0.2) is 0 Å². The SMILES string of the molecule is CC(C)[CH2][Ti]([CH3])([CH3])[CH2]C(C)C. The minimum atomic E-state index is -1.31. The predicted octanol–water partition coefficient (Wildman–Crippen LogP) is 4.39. The van der Waals surface area contributed by atoms with Gasteiger partial charge in [-0.3, -0.25) is 0 Å². The Kier molecular flexibility index (Phi) is 4.97. The van der Waals surface area contributed by atoms with Gasteiger partial charge in [0, 0.05) is 0 Å². The van der Waals surface area contributed by atoms with E-state index in [1.165, 1.54) is 9.45 Å². The zero-order chi connectivity index (χ0) is 9.07. The molecule has 0 spiro atoms. The van der Waals surface area contributed by atoms with Gasteiger partial charge in [0.1, 0.15) is 0 Å². The summed E-state index contributed by atoms with van der Waals surface area (Å²) >= 11 is -1.31. The molecule has 0 nitrogen and oxygen atoms in total. The third-order valence-electron chi connectivity index (χ3n) is 1.92. The van der Waals surface area contributed by atoms with E-state index in [1.807, 2.05) is 0 Å². The van der Waals surface area contributed by atoms with E-state index < -0.39 is 16.6 Å². The van der Waals surface area contributed by atoms with Gasteiger partial charge < -0.3 is 0 Å². The van der Waals surface area contributed by atoms with Gasteiger partial charge >= 0.3 is 76.0 Å². The fourth-order valence-electron chi connectivity index (χ4n) is 2.29. The van der Waals surface area contributed by atoms with Crippen molar-refractivity contribution < 1.29 is 16.6 Å². The first-order valence-electron chi connectivity index (χ1n) is 4.83. The number of hydrogen-bond donors (Lipinski definition) is 0. The van der Waals surface area contributed by atoms with Crippen LogP contribution in [0.15, 0.2) is 0 Å². The van der Waals surface area contributed by atoms with Crippen molar-refractivity contribution in [2.75, 3.05) is 0 Å². The summed E-state index contributed by atoms with van der Waals surface area (Å²) in [6.45, 7) is 9.42. The molecule has 0 aliphatic carbocycles. The quantitative estimate of drug-likeness (QED) is 0.579. The Labute approximate surface area is 76.1 Å². The summed E-state index contributed by atoms with van der Waals surface area (Å²) in [4.78, 5) is 0. The van der Waals surface area contributed by atoms with Crippen LogP contribution in [0.4, 0.5) is 0 Å². The molecule has 68 valence electrons. The summed E-state index contributed by atoms with van der Waals surface area (Å²) in [5.74, 6) is 1.84. The second-order valence-electron chi connectivity index (χ2n) is 5.36. The first kappa shape index (κ1) is 11.7. The average molecular weight is 192 g/mol. The molecule has 0 aliphatic rings. The predicted molar refractivity (Wildman–Crippen MR) is 51.0 cm³/mol. The van der Waals surface area contributed by atoms with Crippen LogP contribution in [0.1, 0.15) is 27.7 Å². The molecule has 1 heteroatoms. The topological polar surface area (TPSA) is 0 Å². The third-order valence-corrected chi connectivity index (χ3v) is 7.92. The second-order valence-corrected chi connectivity index (χ2v) is 13.4. The van der Waals surface area contributed by atoms with E-state index in [4.69, 9.17) is 0 Å². The first-order valence-corrected chi connectivity index (χ1v) is 10.2. The van der Waals surface area contributed by atoms with Gasteiger partial charge in [-0.15, -0.1) is 0 Å². The van der Waals surface area contributed by atoms with Crippen molar-refractivity contribution in [3.05, 3.63) is 0 Å². The molecule has 0 aliphatic heterocycles. The molecule has 0 saturated carbocycles. The summed E-state index contributed by atoms with van der Waals surface area (Å²) in [5.41, 5.74) is 0. The van der Waals surface area contributed by atoms with Crippen molar-refractivity contribution in [1.29, 1.82) is 0 Å². The Morgan fingerprint density at radius 3 is 1.27 bits per heavy atom. The van der Waals surface area contributed by atoms with E-state index in [2.05, 4.69) is 38.2 Å². The Bertz CT molecular complexity index is 91.4. The monoisotopic (exact) mass is 192 g/mol. The van der Waals surface area contributed by atoms with E-state index in [0.717, 1.165) is 11.8 Å². The Morgan fingerprint density at radius 1 is 0.818 bits per heavy atom. The van der Waals surface area contributed by atoms with Gasteiger partial charge in [0.25, 0.3) is 0 Å². The van der Waals surface area contributed by atoms with Crippen LogP contribution in [0, 0.1) is 11.8 Å². The fraction of sp³-hybridized carbons (Fsp3) is 1.00. The first-order chi connectivity index (χ1) is 4.83. The Balaban J connectivity index is 3.79. The summed E-state index contributed by atoms with van der Waals surface area (Å²) < 4.78 is 3.08. The van der Waals surface area contributed by atoms with Crippen LogP contribution in [-0.2, 0) is 16.6 Å². The molecule has 0 fully saturated rings. The van der Waals surface area contributed by atoms with Crippen LogP contribution in [0.5, 0.6) is 0 Å². The van der Waals surface area contributed by atoms with E-state index in [1.54, 1.807) is 0 Å². The van der Waals surface area contributed by atoms with E-state index in [-0.39, 0.29) is 0 Å². The minimum absolute atomic E-state index is 0.920. The van der Waals surface area contributed by atoms with Crippen molar-refractivity contribution in [3.8, 4) is 0 Å². The fourth-order valence-corrected chi connectivity index (χ4v) is 9.46. The van der Waals surface area contributed by atoms with Gasteiger partial charge in [-0.1, -0.05) is 0 Å². The van der Waals surface area contributed by atoms with Crippen LogP contribution in [-0.4, -0.2) is 0 Å². The molecule has 0 aromatic heterocycles. The van der Waals surface area contributed by atoms with Crippen LogP contribution in [0.3, 0.4) is 0 Å². The van der Waals surface area contributed by atoms with Crippen LogP contribution < -0.4 is 0 Å². The molecule has 0 N–H and O–H groups in total.